The molecule has 0 atom stereocenters. The molecule has 0 unspecified atom stereocenters. The van der Waals surface area contributed by atoms with Crippen LogP contribution in [0.4, 0.5) is 5.69 Å². The van der Waals surface area contributed by atoms with Crippen LogP contribution in [-0.4, -0.2) is 24.7 Å². The molecule has 2 heterocycles. The zero-order valence-corrected chi connectivity index (χ0v) is 15.5. The van der Waals surface area contributed by atoms with E-state index in [0.717, 1.165) is 31.6 Å². The standard InChI is InChI=1S/C17H13N5O2S2/c1-10-5-3-4-6-14(10)21-11(2)19-20-16(21)26-17-18-13-8-7-12(22(23)24)9-15(13)25-17/h3-9H,1-2H3. The predicted molar refractivity (Wildman–Crippen MR) is 101 cm³/mol. The highest BCUT2D eigenvalue weighted by atomic mass is 32.2. The average molecular weight is 383 g/mol. The lowest BCUT2D eigenvalue weighted by Gasteiger charge is -2.10. The highest BCUT2D eigenvalue weighted by Crippen LogP contribution is 2.36. The van der Waals surface area contributed by atoms with E-state index >= 15 is 0 Å². The van der Waals surface area contributed by atoms with Crippen molar-refractivity contribution in [3.63, 3.8) is 0 Å². The second-order valence-electron chi connectivity index (χ2n) is 5.64. The molecular weight excluding hydrogens is 370 g/mol. The van der Waals surface area contributed by atoms with Gasteiger partial charge < -0.3 is 0 Å². The first-order chi connectivity index (χ1) is 12.5. The van der Waals surface area contributed by atoms with Crippen molar-refractivity contribution in [2.75, 3.05) is 0 Å². The number of hydrogen-bond donors (Lipinski definition) is 0. The van der Waals surface area contributed by atoms with Gasteiger partial charge in [0.05, 0.1) is 20.8 Å². The van der Waals surface area contributed by atoms with Crippen molar-refractivity contribution in [1.82, 2.24) is 19.7 Å². The first-order valence-corrected chi connectivity index (χ1v) is 9.37. The number of benzene rings is 2. The predicted octanol–water partition coefficient (Wildman–Crippen LogP) is 4.55. The van der Waals surface area contributed by atoms with Crippen LogP contribution < -0.4 is 0 Å². The molecule has 2 aromatic heterocycles. The molecule has 0 amide bonds. The molecule has 2 aromatic carbocycles. The fourth-order valence-corrected chi connectivity index (χ4v) is 4.72. The third-order valence-electron chi connectivity index (χ3n) is 3.89. The zero-order chi connectivity index (χ0) is 18.3. The highest BCUT2D eigenvalue weighted by Gasteiger charge is 2.17. The highest BCUT2D eigenvalue weighted by molar-refractivity contribution is 8.01. The lowest BCUT2D eigenvalue weighted by Crippen LogP contribution is -2.01. The Morgan fingerprint density at radius 3 is 2.73 bits per heavy atom. The summed E-state index contributed by atoms with van der Waals surface area (Å²) in [7, 11) is 0. The van der Waals surface area contributed by atoms with Gasteiger partial charge in [0.15, 0.2) is 4.34 Å². The summed E-state index contributed by atoms with van der Waals surface area (Å²) in [6.45, 7) is 3.95. The lowest BCUT2D eigenvalue weighted by molar-refractivity contribution is -0.384. The van der Waals surface area contributed by atoms with Gasteiger partial charge in [-0.25, -0.2) is 4.98 Å². The summed E-state index contributed by atoms with van der Waals surface area (Å²) in [5, 5.41) is 20.1. The maximum absolute atomic E-state index is 10.9. The van der Waals surface area contributed by atoms with Crippen molar-refractivity contribution in [2.45, 2.75) is 23.3 Å². The summed E-state index contributed by atoms with van der Waals surface area (Å²) in [6.07, 6.45) is 0. The summed E-state index contributed by atoms with van der Waals surface area (Å²) in [6, 6.07) is 12.7. The molecule has 26 heavy (non-hydrogen) atoms. The van der Waals surface area contributed by atoms with Gasteiger partial charge in [-0.2, -0.15) is 0 Å². The average Bonchev–Trinajstić information content (AvgIpc) is 3.18. The molecule has 0 fully saturated rings. The first-order valence-electron chi connectivity index (χ1n) is 7.74. The number of thiazole rings is 1. The third-order valence-corrected chi connectivity index (χ3v) is 5.92. The molecule has 0 N–H and O–H groups in total. The lowest BCUT2D eigenvalue weighted by atomic mass is 10.2. The molecule has 0 radical (unpaired) electrons. The largest absolute Gasteiger partial charge is 0.274 e. The number of aryl methyl sites for hydroxylation is 2. The van der Waals surface area contributed by atoms with Crippen molar-refractivity contribution in [3.8, 4) is 5.69 Å². The number of rotatable bonds is 4. The molecule has 9 heteroatoms. The van der Waals surface area contributed by atoms with E-state index in [0.29, 0.717) is 5.16 Å². The summed E-state index contributed by atoms with van der Waals surface area (Å²) < 4.78 is 3.54. The molecule has 0 aliphatic carbocycles. The number of hydrogen-bond acceptors (Lipinski definition) is 7. The van der Waals surface area contributed by atoms with E-state index in [-0.39, 0.29) is 5.69 Å². The van der Waals surface area contributed by atoms with E-state index in [1.807, 2.05) is 42.7 Å². The Kier molecular flexibility index (Phi) is 4.17. The minimum absolute atomic E-state index is 0.0663. The van der Waals surface area contributed by atoms with E-state index in [9.17, 15) is 10.1 Å². The van der Waals surface area contributed by atoms with E-state index in [1.165, 1.54) is 29.2 Å². The van der Waals surface area contributed by atoms with Gasteiger partial charge in [0.25, 0.3) is 5.69 Å². The Balaban J connectivity index is 1.74. The molecule has 0 saturated heterocycles. The SMILES string of the molecule is Cc1ccccc1-n1c(C)nnc1Sc1nc2ccc([N+](=O)[O-])cc2s1. The minimum Gasteiger partial charge on any atom is -0.274 e. The third kappa shape index (κ3) is 2.95. The van der Waals surface area contributed by atoms with Crippen molar-refractivity contribution < 1.29 is 4.92 Å². The van der Waals surface area contributed by atoms with Gasteiger partial charge in [-0.15, -0.1) is 21.5 Å². The molecular formula is C17H13N5O2S2. The second kappa shape index (κ2) is 6.50. The van der Waals surface area contributed by atoms with Crippen LogP contribution in [0.15, 0.2) is 52.0 Å². The van der Waals surface area contributed by atoms with Gasteiger partial charge in [0.1, 0.15) is 5.82 Å². The number of non-ortho nitro benzene ring substituents is 1. The van der Waals surface area contributed by atoms with Crippen LogP contribution in [0.2, 0.25) is 0 Å². The van der Waals surface area contributed by atoms with Crippen LogP contribution in [-0.2, 0) is 0 Å². The number of nitro benzene ring substituents is 1. The summed E-state index contributed by atoms with van der Waals surface area (Å²) in [5.74, 6) is 0.790. The van der Waals surface area contributed by atoms with Crippen LogP contribution in [0.25, 0.3) is 15.9 Å². The first kappa shape index (κ1) is 16.7. The normalized spacial score (nSPS) is 11.2. The summed E-state index contributed by atoms with van der Waals surface area (Å²) in [4.78, 5) is 15.1. The smallest absolute Gasteiger partial charge is 0.270 e. The zero-order valence-electron chi connectivity index (χ0n) is 13.9. The Labute approximate surface area is 156 Å². The van der Waals surface area contributed by atoms with Crippen molar-refractivity contribution >= 4 is 39.0 Å². The Hall–Kier alpha value is -2.78. The minimum atomic E-state index is -0.399. The molecule has 0 saturated carbocycles. The molecule has 0 aliphatic heterocycles. The Morgan fingerprint density at radius 2 is 1.96 bits per heavy atom. The fourth-order valence-electron chi connectivity index (χ4n) is 2.63. The molecule has 130 valence electrons. The topological polar surface area (TPSA) is 86.7 Å². The van der Waals surface area contributed by atoms with Crippen molar-refractivity contribution in [3.05, 3.63) is 64.0 Å². The molecule has 0 aliphatic rings. The van der Waals surface area contributed by atoms with Crippen LogP contribution in [0.3, 0.4) is 0 Å². The Morgan fingerprint density at radius 1 is 1.15 bits per heavy atom. The van der Waals surface area contributed by atoms with E-state index < -0.39 is 4.92 Å². The number of para-hydroxylation sites is 1. The van der Waals surface area contributed by atoms with Gasteiger partial charge >= 0.3 is 0 Å². The maximum atomic E-state index is 10.9. The van der Waals surface area contributed by atoms with Crippen LogP contribution in [0, 0.1) is 24.0 Å². The number of fused-ring (bicyclic) bond motifs is 1. The maximum Gasteiger partial charge on any atom is 0.270 e. The molecule has 0 spiro atoms. The molecule has 4 aromatic rings. The van der Waals surface area contributed by atoms with Gasteiger partial charge in [0.2, 0.25) is 5.16 Å². The molecule has 0 bridgehead atoms. The van der Waals surface area contributed by atoms with E-state index in [4.69, 9.17) is 0 Å². The summed E-state index contributed by atoms with van der Waals surface area (Å²) >= 11 is 2.81. The Bertz CT molecular complexity index is 1140. The summed E-state index contributed by atoms with van der Waals surface area (Å²) in [5.41, 5.74) is 2.95. The van der Waals surface area contributed by atoms with Gasteiger partial charge in [-0.05, 0) is 43.3 Å². The molecule has 7 nitrogen and oxygen atoms in total. The fraction of sp³-hybridized carbons (Fsp3) is 0.118. The molecule has 4 rings (SSSR count). The number of aromatic nitrogens is 4. The van der Waals surface area contributed by atoms with Gasteiger partial charge in [-0.1, -0.05) is 18.2 Å². The van der Waals surface area contributed by atoms with E-state index in [2.05, 4.69) is 15.2 Å². The quantitative estimate of drug-likeness (QED) is 0.379. The van der Waals surface area contributed by atoms with Crippen molar-refractivity contribution in [2.24, 2.45) is 0 Å². The number of nitro groups is 1. The van der Waals surface area contributed by atoms with Gasteiger partial charge in [-0.3, -0.25) is 14.7 Å². The monoisotopic (exact) mass is 383 g/mol. The second-order valence-corrected chi connectivity index (χ2v) is 7.89. The van der Waals surface area contributed by atoms with Crippen molar-refractivity contribution in [1.29, 1.82) is 0 Å². The number of nitrogens with zero attached hydrogens (tertiary/aromatic N) is 5. The van der Waals surface area contributed by atoms with Gasteiger partial charge in [0, 0.05) is 12.1 Å². The van der Waals surface area contributed by atoms with Crippen LogP contribution in [0.5, 0.6) is 0 Å². The van der Waals surface area contributed by atoms with E-state index in [1.54, 1.807) is 12.1 Å². The van der Waals surface area contributed by atoms with Crippen LogP contribution in [0.1, 0.15) is 11.4 Å². The van der Waals surface area contributed by atoms with Crippen LogP contribution >= 0.6 is 23.1 Å².